The van der Waals surface area contributed by atoms with E-state index in [2.05, 4.69) is 183 Å². The Balaban J connectivity index is 1.25. The van der Waals surface area contributed by atoms with Gasteiger partial charge in [-0.25, -0.2) is 0 Å². The summed E-state index contributed by atoms with van der Waals surface area (Å²) in [5, 5.41) is 4.58. The second kappa shape index (κ2) is 10.8. The van der Waals surface area contributed by atoms with Crippen LogP contribution >= 0.6 is 0 Å². The Bertz CT molecular complexity index is 2260. The van der Waals surface area contributed by atoms with Crippen LogP contribution in [0.4, 0.5) is 17.1 Å². The number of fused-ring (bicyclic) bond motifs is 5. The highest BCUT2D eigenvalue weighted by atomic mass is 16.3. The van der Waals surface area contributed by atoms with Crippen molar-refractivity contribution >= 4 is 49.8 Å². The smallest absolute Gasteiger partial charge is 0.143 e. The Morgan fingerprint density at radius 2 is 1.00 bits per heavy atom. The first kappa shape index (κ1) is 27.0. The Kier molecular flexibility index (Phi) is 6.50. The van der Waals surface area contributed by atoms with Crippen molar-refractivity contribution in [3.63, 3.8) is 0 Å². The van der Waals surface area contributed by atoms with E-state index in [0.29, 0.717) is 0 Å². The highest BCUT2D eigenvalue weighted by molar-refractivity contribution is 6.15. The van der Waals surface area contributed by atoms with Gasteiger partial charge in [-0.05, 0) is 70.1 Å². The minimum Gasteiger partial charge on any atom is -0.455 e. The summed E-state index contributed by atoms with van der Waals surface area (Å²) >= 11 is 0. The molecule has 0 unspecified atom stereocenters. The average Bonchev–Trinajstić information content (AvgIpc) is 3.48. The van der Waals surface area contributed by atoms with Crippen LogP contribution < -0.4 is 4.90 Å². The van der Waals surface area contributed by atoms with E-state index in [-0.39, 0.29) is 5.41 Å². The Hall–Kier alpha value is -5.60. The first-order valence-electron chi connectivity index (χ1n) is 15.5. The molecule has 0 atom stereocenters. The van der Waals surface area contributed by atoms with Crippen molar-refractivity contribution < 1.29 is 4.42 Å². The van der Waals surface area contributed by atoms with Gasteiger partial charge < -0.3 is 9.32 Å². The topological polar surface area (TPSA) is 16.4 Å². The van der Waals surface area contributed by atoms with E-state index >= 15 is 0 Å². The van der Waals surface area contributed by atoms with E-state index in [9.17, 15) is 0 Å². The summed E-state index contributed by atoms with van der Waals surface area (Å²) in [4.78, 5) is 2.32. The molecule has 8 rings (SSSR count). The maximum Gasteiger partial charge on any atom is 0.143 e. The minimum atomic E-state index is -0.113. The van der Waals surface area contributed by atoms with E-state index < -0.39 is 0 Å². The second-order valence-corrected chi connectivity index (χ2v) is 12.2. The monoisotopic (exact) mass is 579 g/mol. The normalized spacial score (nSPS) is 11.8. The molecule has 0 aliphatic heterocycles. The van der Waals surface area contributed by atoms with Crippen molar-refractivity contribution in [2.24, 2.45) is 0 Å². The average molecular weight is 580 g/mol. The molecule has 0 fully saturated rings. The summed E-state index contributed by atoms with van der Waals surface area (Å²) in [5.41, 5.74) is 9.91. The lowest BCUT2D eigenvalue weighted by atomic mass is 9.78. The standard InChI is InChI=1S/C43H33NO/c1-43(2,33-14-7-4-8-15-33)34-20-24-36(25-21-34)44(35-22-17-31(18-23-35)30-11-5-3-6-12-30)37-26-28-39-40-27-19-32-13-9-10-16-38(32)42(40)45-41(39)29-37/h3-29H,1-2H3. The van der Waals surface area contributed by atoms with Gasteiger partial charge >= 0.3 is 0 Å². The Morgan fingerprint density at radius 1 is 0.444 bits per heavy atom. The van der Waals surface area contributed by atoms with Gasteiger partial charge in [0.05, 0.1) is 0 Å². The van der Waals surface area contributed by atoms with Crippen LogP contribution in [0.3, 0.4) is 0 Å². The number of nitrogens with zero attached hydrogens (tertiary/aromatic N) is 1. The largest absolute Gasteiger partial charge is 0.455 e. The van der Waals surface area contributed by atoms with Crippen LogP contribution in [0.5, 0.6) is 0 Å². The van der Waals surface area contributed by atoms with Gasteiger partial charge in [0.15, 0.2) is 0 Å². The molecule has 2 nitrogen and oxygen atoms in total. The highest BCUT2D eigenvalue weighted by Crippen LogP contribution is 2.41. The van der Waals surface area contributed by atoms with Gasteiger partial charge in [0, 0.05) is 44.7 Å². The van der Waals surface area contributed by atoms with Crippen molar-refractivity contribution in [3.8, 4) is 11.1 Å². The van der Waals surface area contributed by atoms with Gasteiger partial charge in [0.2, 0.25) is 0 Å². The molecule has 0 aliphatic carbocycles. The molecule has 1 aromatic heterocycles. The summed E-state index contributed by atoms with van der Waals surface area (Å²) < 4.78 is 6.59. The quantitative estimate of drug-likeness (QED) is 0.195. The van der Waals surface area contributed by atoms with E-state index in [0.717, 1.165) is 44.4 Å². The third kappa shape index (κ3) is 4.76. The molecule has 7 aromatic carbocycles. The molecule has 216 valence electrons. The lowest BCUT2D eigenvalue weighted by molar-refractivity contribution is 0.641. The molecule has 0 saturated carbocycles. The molecule has 1 heterocycles. The molecule has 0 bridgehead atoms. The number of hydrogen-bond acceptors (Lipinski definition) is 2. The van der Waals surface area contributed by atoms with Gasteiger partial charge in [-0.15, -0.1) is 0 Å². The first-order chi connectivity index (χ1) is 22.1. The van der Waals surface area contributed by atoms with Crippen LogP contribution in [-0.2, 0) is 5.41 Å². The zero-order valence-corrected chi connectivity index (χ0v) is 25.4. The molecule has 0 saturated heterocycles. The SMILES string of the molecule is CC(C)(c1ccccc1)c1ccc(N(c2ccc(-c3ccccc3)cc2)c2ccc3c(c2)oc2c4ccccc4ccc32)cc1. The maximum absolute atomic E-state index is 6.59. The molecular formula is C43H33NO. The summed E-state index contributed by atoms with van der Waals surface area (Å²) in [6.45, 7) is 4.58. The van der Waals surface area contributed by atoms with Crippen molar-refractivity contribution in [3.05, 3.63) is 175 Å². The highest BCUT2D eigenvalue weighted by Gasteiger charge is 2.24. The van der Waals surface area contributed by atoms with Crippen molar-refractivity contribution in [1.29, 1.82) is 0 Å². The molecule has 8 aromatic rings. The van der Waals surface area contributed by atoms with E-state index in [1.54, 1.807) is 0 Å². The van der Waals surface area contributed by atoms with E-state index in [1.165, 1.54) is 27.6 Å². The molecule has 0 N–H and O–H groups in total. The van der Waals surface area contributed by atoms with Crippen LogP contribution in [0.2, 0.25) is 0 Å². The van der Waals surface area contributed by atoms with Crippen molar-refractivity contribution in [1.82, 2.24) is 0 Å². The van der Waals surface area contributed by atoms with Crippen LogP contribution in [0.15, 0.2) is 168 Å². The third-order valence-corrected chi connectivity index (χ3v) is 9.18. The first-order valence-corrected chi connectivity index (χ1v) is 15.5. The summed E-state index contributed by atoms with van der Waals surface area (Å²) in [5.74, 6) is 0. The molecule has 0 radical (unpaired) electrons. The Labute approximate surface area is 263 Å². The molecule has 0 aliphatic rings. The van der Waals surface area contributed by atoms with Gasteiger partial charge in [0.25, 0.3) is 0 Å². The minimum absolute atomic E-state index is 0.113. The molecular weight excluding hydrogens is 546 g/mol. The molecule has 0 amide bonds. The van der Waals surface area contributed by atoms with Gasteiger partial charge in [-0.1, -0.05) is 129 Å². The number of hydrogen-bond donors (Lipinski definition) is 0. The molecule has 0 spiro atoms. The van der Waals surface area contributed by atoms with Crippen LogP contribution in [0.25, 0.3) is 43.8 Å². The predicted molar refractivity (Wildman–Crippen MR) is 190 cm³/mol. The van der Waals surface area contributed by atoms with Crippen LogP contribution in [0.1, 0.15) is 25.0 Å². The zero-order chi connectivity index (χ0) is 30.4. The third-order valence-electron chi connectivity index (χ3n) is 9.18. The predicted octanol–water partition coefficient (Wildman–Crippen LogP) is 12.2. The number of furan rings is 1. The lowest BCUT2D eigenvalue weighted by Gasteiger charge is -2.29. The maximum atomic E-state index is 6.59. The van der Waals surface area contributed by atoms with Gasteiger partial charge in [0.1, 0.15) is 11.2 Å². The summed E-state index contributed by atoms with van der Waals surface area (Å²) in [7, 11) is 0. The van der Waals surface area contributed by atoms with Crippen molar-refractivity contribution in [2.75, 3.05) is 4.90 Å². The number of benzene rings is 7. The van der Waals surface area contributed by atoms with E-state index in [4.69, 9.17) is 4.42 Å². The number of anilines is 3. The number of rotatable bonds is 6. The second-order valence-electron chi connectivity index (χ2n) is 12.2. The molecule has 45 heavy (non-hydrogen) atoms. The Morgan fingerprint density at radius 3 is 1.73 bits per heavy atom. The lowest BCUT2D eigenvalue weighted by Crippen LogP contribution is -2.19. The fourth-order valence-corrected chi connectivity index (χ4v) is 6.56. The van der Waals surface area contributed by atoms with Gasteiger partial charge in [-0.3, -0.25) is 0 Å². The van der Waals surface area contributed by atoms with Crippen molar-refractivity contribution in [2.45, 2.75) is 19.3 Å². The fraction of sp³-hybridized carbons (Fsp3) is 0.0698. The van der Waals surface area contributed by atoms with Gasteiger partial charge in [-0.2, -0.15) is 0 Å². The summed E-state index contributed by atoms with van der Waals surface area (Å²) in [6, 6.07) is 58.4. The molecule has 2 heteroatoms. The zero-order valence-electron chi connectivity index (χ0n) is 25.4. The van der Waals surface area contributed by atoms with E-state index in [1.807, 2.05) is 0 Å². The summed E-state index contributed by atoms with van der Waals surface area (Å²) in [6.07, 6.45) is 0. The van der Waals surface area contributed by atoms with Crippen LogP contribution in [0, 0.1) is 0 Å². The van der Waals surface area contributed by atoms with Crippen LogP contribution in [-0.4, -0.2) is 0 Å². The fourth-order valence-electron chi connectivity index (χ4n) is 6.56.